The van der Waals surface area contributed by atoms with Crippen molar-refractivity contribution in [2.24, 2.45) is 5.41 Å². The van der Waals surface area contributed by atoms with Gasteiger partial charge in [0, 0.05) is 17.6 Å². The second-order valence-electron chi connectivity index (χ2n) is 9.43. The van der Waals surface area contributed by atoms with E-state index in [0.29, 0.717) is 23.2 Å². The molecule has 1 spiro atoms. The van der Waals surface area contributed by atoms with E-state index in [0.717, 1.165) is 0 Å². The van der Waals surface area contributed by atoms with Crippen LogP contribution in [0.3, 0.4) is 0 Å². The average molecular weight is 465 g/mol. The van der Waals surface area contributed by atoms with Gasteiger partial charge in [0.05, 0.1) is 5.02 Å². The molecule has 31 heavy (non-hydrogen) atoms. The number of nitrogens with one attached hydrogen (secondary N) is 1. The zero-order valence-corrected chi connectivity index (χ0v) is 18.8. The lowest BCUT2D eigenvalue weighted by Gasteiger charge is -2.38. The Kier molecular flexibility index (Phi) is 5.31. The zero-order valence-electron chi connectivity index (χ0n) is 17.3. The number of hydrogen-bond donors (Lipinski definition) is 2. The minimum Gasteiger partial charge on any atom is -0.480 e. The third-order valence-electron chi connectivity index (χ3n) is 6.25. The maximum Gasteiger partial charge on any atom is 0.322 e. The molecule has 2 aliphatic rings. The van der Waals surface area contributed by atoms with Gasteiger partial charge in [0.15, 0.2) is 0 Å². The molecule has 164 valence electrons. The molecule has 1 saturated heterocycles. The second kappa shape index (κ2) is 7.47. The number of anilines is 1. The number of carboxylic acids is 1. The molecule has 8 heteroatoms. The molecular formula is C23H23Cl2FN2O3. The highest BCUT2D eigenvalue weighted by atomic mass is 35.5. The molecule has 2 N–H and O–H groups in total. The predicted molar refractivity (Wildman–Crippen MR) is 118 cm³/mol. The predicted octanol–water partition coefficient (Wildman–Crippen LogP) is 5.18. The number of carbonyl (C=O) groups excluding carboxylic acids is 1. The number of amides is 1. The summed E-state index contributed by atoms with van der Waals surface area (Å²) in [6.45, 7) is 6.05. The second-order valence-corrected chi connectivity index (χ2v) is 10.2. The van der Waals surface area contributed by atoms with E-state index in [1.165, 1.54) is 22.6 Å². The van der Waals surface area contributed by atoms with Crippen LogP contribution in [0.25, 0.3) is 0 Å². The van der Waals surface area contributed by atoms with Crippen molar-refractivity contribution in [3.8, 4) is 0 Å². The van der Waals surface area contributed by atoms with Crippen molar-refractivity contribution in [1.29, 1.82) is 0 Å². The Labute approximate surface area is 190 Å². The summed E-state index contributed by atoms with van der Waals surface area (Å²) in [5, 5.41) is 13.0. The molecule has 0 aromatic heterocycles. The standard InChI is InChI=1S/C23H23Cl2FN2O3/c1-22(2,3)11-17-23(13-6-4-5-7-16(13)27-21(23)31)18(19(20(29)30)28(17)25)12-8-9-15(26)14(24)10-12/h4-10,17-19H,11H2,1-3H3,(H,27,31)(H,29,30). The fourth-order valence-corrected chi connectivity index (χ4v) is 5.76. The summed E-state index contributed by atoms with van der Waals surface area (Å²) in [6, 6.07) is 9.49. The van der Waals surface area contributed by atoms with E-state index in [1.807, 2.05) is 39.0 Å². The van der Waals surface area contributed by atoms with Gasteiger partial charge < -0.3 is 10.4 Å². The minimum absolute atomic E-state index is 0.135. The first-order chi connectivity index (χ1) is 14.5. The molecule has 4 unspecified atom stereocenters. The average Bonchev–Trinajstić information content (AvgIpc) is 3.10. The van der Waals surface area contributed by atoms with Gasteiger partial charge in [0.25, 0.3) is 0 Å². The Morgan fingerprint density at radius 1 is 1.26 bits per heavy atom. The van der Waals surface area contributed by atoms with Crippen molar-refractivity contribution >= 4 is 40.9 Å². The van der Waals surface area contributed by atoms with Gasteiger partial charge in [0.1, 0.15) is 17.3 Å². The van der Waals surface area contributed by atoms with Crippen LogP contribution in [0.15, 0.2) is 42.5 Å². The van der Waals surface area contributed by atoms with E-state index < -0.39 is 35.2 Å². The van der Waals surface area contributed by atoms with Crippen LogP contribution in [-0.4, -0.2) is 33.5 Å². The third-order valence-corrected chi connectivity index (χ3v) is 6.99. The van der Waals surface area contributed by atoms with Crippen molar-refractivity contribution in [3.05, 3.63) is 64.4 Å². The van der Waals surface area contributed by atoms with Gasteiger partial charge in [-0.25, -0.2) is 8.81 Å². The number of carbonyl (C=O) groups is 2. The lowest BCUT2D eigenvalue weighted by atomic mass is 9.62. The highest BCUT2D eigenvalue weighted by Crippen LogP contribution is 2.60. The molecule has 2 aromatic rings. The largest absolute Gasteiger partial charge is 0.480 e. The van der Waals surface area contributed by atoms with Crippen molar-refractivity contribution in [1.82, 2.24) is 4.42 Å². The molecule has 0 bridgehead atoms. The maximum atomic E-state index is 13.9. The van der Waals surface area contributed by atoms with E-state index >= 15 is 0 Å². The molecule has 1 amide bonds. The van der Waals surface area contributed by atoms with Gasteiger partial charge in [-0.3, -0.25) is 9.59 Å². The molecule has 4 atom stereocenters. The summed E-state index contributed by atoms with van der Waals surface area (Å²) >= 11 is 12.8. The van der Waals surface area contributed by atoms with E-state index in [9.17, 15) is 19.1 Å². The van der Waals surface area contributed by atoms with E-state index in [4.69, 9.17) is 23.4 Å². The van der Waals surface area contributed by atoms with Crippen LogP contribution in [0.1, 0.15) is 44.2 Å². The summed E-state index contributed by atoms with van der Waals surface area (Å²) in [5.74, 6) is -2.97. The molecule has 0 aliphatic carbocycles. The molecule has 0 radical (unpaired) electrons. The Hall–Kier alpha value is -2.15. The van der Waals surface area contributed by atoms with Crippen LogP contribution >= 0.6 is 23.4 Å². The number of carboxylic acid groups (broad SMARTS) is 1. The quantitative estimate of drug-likeness (QED) is 0.613. The SMILES string of the molecule is CC(C)(C)CC1N(Cl)C(C(=O)O)C(c2ccc(F)c(Cl)c2)C12C(=O)Nc1ccccc12. The molecule has 0 saturated carbocycles. The topological polar surface area (TPSA) is 69.6 Å². The van der Waals surface area contributed by atoms with Crippen molar-refractivity contribution in [3.63, 3.8) is 0 Å². The summed E-state index contributed by atoms with van der Waals surface area (Å²) in [5.41, 5.74) is 0.235. The summed E-state index contributed by atoms with van der Waals surface area (Å²) < 4.78 is 15.2. The summed E-state index contributed by atoms with van der Waals surface area (Å²) in [4.78, 5) is 26.2. The van der Waals surface area contributed by atoms with Crippen molar-refractivity contribution in [2.45, 2.75) is 50.6 Å². The van der Waals surface area contributed by atoms with Gasteiger partial charge in [-0.15, -0.1) is 0 Å². The molecule has 2 aliphatic heterocycles. The van der Waals surface area contributed by atoms with Gasteiger partial charge >= 0.3 is 5.97 Å². The number of fused-ring (bicyclic) bond motifs is 2. The molecule has 1 fully saturated rings. The van der Waals surface area contributed by atoms with Crippen molar-refractivity contribution in [2.75, 3.05) is 5.32 Å². The van der Waals surface area contributed by atoms with Crippen LogP contribution in [0.5, 0.6) is 0 Å². The van der Waals surface area contributed by atoms with Gasteiger partial charge in [-0.1, -0.05) is 56.6 Å². The number of rotatable bonds is 3. The first-order valence-electron chi connectivity index (χ1n) is 10.0. The van der Waals surface area contributed by atoms with E-state index in [-0.39, 0.29) is 16.3 Å². The molecular weight excluding hydrogens is 442 g/mol. The maximum absolute atomic E-state index is 13.9. The fourth-order valence-electron chi connectivity index (χ4n) is 5.15. The number of hydrogen-bond acceptors (Lipinski definition) is 3. The van der Waals surface area contributed by atoms with E-state index in [2.05, 4.69) is 5.32 Å². The van der Waals surface area contributed by atoms with Crippen LogP contribution < -0.4 is 5.32 Å². The summed E-state index contributed by atoms with van der Waals surface area (Å²) in [7, 11) is 0. The Balaban J connectivity index is 2.05. The first-order valence-corrected chi connectivity index (χ1v) is 10.7. The number of aliphatic carboxylic acids is 1. The van der Waals surface area contributed by atoms with Gasteiger partial charge in [-0.05, 0) is 52.9 Å². The Morgan fingerprint density at radius 3 is 2.55 bits per heavy atom. The third kappa shape index (κ3) is 3.32. The number of halogens is 3. The normalized spacial score (nSPS) is 28.1. The van der Waals surface area contributed by atoms with Gasteiger partial charge in [-0.2, -0.15) is 0 Å². The zero-order chi connectivity index (χ0) is 22.7. The lowest BCUT2D eigenvalue weighted by molar-refractivity contribution is -0.141. The smallest absolute Gasteiger partial charge is 0.322 e. The van der Waals surface area contributed by atoms with Crippen LogP contribution in [0, 0.1) is 11.2 Å². The highest BCUT2D eigenvalue weighted by Gasteiger charge is 2.69. The number of benzene rings is 2. The monoisotopic (exact) mass is 464 g/mol. The van der Waals surface area contributed by atoms with E-state index in [1.54, 1.807) is 6.07 Å². The molecule has 2 heterocycles. The fraction of sp³-hybridized carbons (Fsp3) is 0.391. The Morgan fingerprint density at radius 2 is 1.94 bits per heavy atom. The van der Waals surface area contributed by atoms with Gasteiger partial charge in [0.2, 0.25) is 5.91 Å². The summed E-state index contributed by atoms with van der Waals surface area (Å²) in [6.07, 6.45) is 0.466. The molecule has 4 rings (SSSR count). The molecule has 2 aromatic carbocycles. The first kappa shape index (κ1) is 22.1. The Bertz CT molecular complexity index is 1070. The number of nitrogens with zero attached hydrogens (tertiary/aromatic N) is 1. The van der Waals surface area contributed by atoms with Crippen LogP contribution in [0.2, 0.25) is 5.02 Å². The minimum atomic E-state index is -1.28. The van der Waals surface area contributed by atoms with Crippen molar-refractivity contribution < 1.29 is 19.1 Å². The van der Waals surface area contributed by atoms with Crippen LogP contribution in [-0.2, 0) is 15.0 Å². The number of para-hydroxylation sites is 1. The lowest BCUT2D eigenvalue weighted by Crippen LogP contribution is -2.49. The highest BCUT2D eigenvalue weighted by molar-refractivity contribution is 6.30. The molecule has 5 nitrogen and oxygen atoms in total. The van der Waals surface area contributed by atoms with Crippen LogP contribution in [0.4, 0.5) is 10.1 Å².